The molecule has 1 heterocycles. The minimum atomic E-state index is -2.41. The summed E-state index contributed by atoms with van der Waals surface area (Å²) in [6.45, 7) is 3.40. The zero-order valence-electron chi connectivity index (χ0n) is 8.74. The summed E-state index contributed by atoms with van der Waals surface area (Å²) in [5, 5.41) is 0. The van der Waals surface area contributed by atoms with Gasteiger partial charge in [0.25, 0.3) is 5.91 Å². The van der Waals surface area contributed by atoms with Crippen LogP contribution in [0.25, 0.3) is 0 Å². The summed E-state index contributed by atoms with van der Waals surface area (Å²) in [6, 6.07) is 1.53. The molecule has 15 heavy (non-hydrogen) atoms. The fourth-order valence-corrected chi connectivity index (χ4v) is 2.00. The number of furan rings is 1. The Hall–Kier alpha value is -0.620. The molecule has 4 nitrogen and oxygen atoms in total. The highest BCUT2D eigenvalue weighted by molar-refractivity contribution is 9.10. The molecule has 0 aliphatic carbocycles. The van der Waals surface area contributed by atoms with Crippen LogP contribution in [0, 0.1) is 6.92 Å². The molecule has 6 heteroatoms. The quantitative estimate of drug-likeness (QED) is 0.842. The molecule has 1 unspecified atom stereocenters. The third kappa shape index (κ3) is 3.17. The Morgan fingerprint density at radius 1 is 1.67 bits per heavy atom. The van der Waals surface area contributed by atoms with Gasteiger partial charge in [0, 0.05) is 18.1 Å². The van der Waals surface area contributed by atoms with E-state index in [1.54, 1.807) is 13.8 Å². The standard InChI is InChI=1S/C9H12BrNO3S/c1-4-15(3,13)11-9(12)7-5-8(10)14-6(7)2/h5H,4H2,1-3H3. The van der Waals surface area contributed by atoms with Gasteiger partial charge in [0.05, 0.1) is 15.3 Å². The topological polar surface area (TPSA) is 59.6 Å². The van der Waals surface area contributed by atoms with Crippen LogP contribution in [0.2, 0.25) is 0 Å². The molecular weight excluding hydrogens is 282 g/mol. The fourth-order valence-electron chi connectivity index (χ4n) is 0.947. The third-order valence-corrected chi connectivity index (χ3v) is 3.94. The molecule has 1 atom stereocenters. The molecule has 0 spiro atoms. The van der Waals surface area contributed by atoms with Crippen molar-refractivity contribution < 1.29 is 13.4 Å². The summed E-state index contributed by atoms with van der Waals surface area (Å²) in [4.78, 5) is 11.6. The second-order valence-corrected chi connectivity index (χ2v) is 6.63. The van der Waals surface area contributed by atoms with Crippen molar-refractivity contribution in [3.63, 3.8) is 0 Å². The SMILES string of the molecule is CCS(C)(=O)=NC(=O)c1cc(Br)oc1C. The maximum atomic E-state index is 11.6. The first-order valence-corrected chi connectivity index (χ1v) is 7.24. The zero-order valence-corrected chi connectivity index (χ0v) is 11.1. The largest absolute Gasteiger partial charge is 0.454 e. The van der Waals surface area contributed by atoms with E-state index < -0.39 is 15.6 Å². The van der Waals surface area contributed by atoms with Gasteiger partial charge in [-0.2, -0.15) is 4.36 Å². The Morgan fingerprint density at radius 3 is 2.67 bits per heavy atom. The molecule has 1 amide bonds. The predicted octanol–water partition coefficient (Wildman–Crippen LogP) is 2.61. The van der Waals surface area contributed by atoms with Gasteiger partial charge in [0.1, 0.15) is 5.76 Å². The van der Waals surface area contributed by atoms with Crippen LogP contribution in [-0.2, 0) is 9.73 Å². The summed E-state index contributed by atoms with van der Waals surface area (Å²) in [6.07, 6.45) is 1.47. The van der Waals surface area contributed by atoms with Crippen LogP contribution >= 0.6 is 15.9 Å². The molecule has 0 bridgehead atoms. The summed E-state index contributed by atoms with van der Waals surface area (Å²) >= 11 is 3.12. The highest BCUT2D eigenvalue weighted by Gasteiger charge is 2.14. The number of carbonyl (C=O) groups excluding carboxylic acids is 1. The first-order chi connectivity index (χ1) is 6.85. The van der Waals surface area contributed by atoms with Crippen molar-refractivity contribution in [2.75, 3.05) is 12.0 Å². The van der Waals surface area contributed by atoms with Gasteiger partial charge >= 0.3 is 0 Å². The van der Waals surface area contributed by atoms with Crippen molar-refractivity contribution in [1.29, 1.82) is 0 Å². The molecular formula is C9H12BrNO3S. The minimum Gasteiger partial charge on any atom is -0.454 e. The zero-order chi connectivity index (χ0) is 11.6. The molecule has 0 saturated heterocycles. The van der Waals surface area contributed by atoms with E-state index in [1.165, 1.54) is 12.3 Å². The van der Waals surface area contributed by atoms with Crippen molar-refractivity contribution in [3.05, 3.63) is 22.1 Å². The van der Waals surface area contributed by atoms with Gasteiger partial charge in [-0.3, -0.25) is 4.79 Å². The molecule has 1 aromatic rings. The third-order valence-electron chi connectivity index (χ3n) is 1.93. The molecule has 0 fully saturated rings. The van der Waals surface area contributed by atoms with E-state index in [4.69, 9.17) is 4.42 Å². The second-order valence-electron chi connectivity index (χ2n) is 3.16. The van der Waals surface area contributed by atoms with Crippen LogP contribution in [0.1, 0.15) is 23.0 Å². The normalized spacial score (nSPS) is 14.7. The number of carbonyl (C=O) groups is 1. The van der Waals surface area contributed by atoms with Crippen LogP contribution in [0.4, 0.5) is 0 Å². The molecule has 1 rings (SSSR count). The van der Waals surface area contributed by atoms with Crippen LogP contribution in [0.5, 0.6) is 0 Å². The molecule has 0 aliphatic rings. The first-order valence-electron chi connectivity index (χ1n) is 4.36. The van der Waals surface area contributed by atoms with E-state index in [0.717, 1.165) is 0 Å². The molecule has 0 N–H and O–H groups in total. The number of hydrogen-bond donors (Lipinski definition) is 0. The average Bonchev–Trinajstić information content (AvgIpc) is 2.45. The first kappa shape index (κ1) is 12.4. The number of hydrogen-bond acceptors (Lipinski definition) is 3. The highest BCUT2D eigenvalue weighted by atomic mass is 79.9. The summed E-state index contributed by atoms with van der Waals surface area (Å²) in [5.74, 6) is 0.342. The van der Waals surface area contributed by atoms with Crippen molar-refractivity contribution in [2.45, 2.75) is 13.8 Å². The van der Waals surface area contributed by atoms with Gasteiger partial charge in [0.2, 0.25) is 0 Å². The Morgan fingerprint density at radius 2 is 2.27 bits per heavy atom. The number of amides is 1. The molecule has 0 radical (unpaired) electrons. The van der Waals surface area contributed by atoms with Crippen LogP contribution in [0.3, 0.4) is 0 Å². The lowest BCUT2D eigenvalue weighted by atomic mass is 10.2. The van der Waals surface area contributed by atoms with Gasteiger partial charge in [0.15, 0.2) is 4.67 Å². The number of nitrogens with zero attached hydrogens (tertiary/aromatic N) is 1. The van der Waals surface area contributed by atoms with Gasteiger partial charge in [-0.1, -0.05) is 6.92 Å². The summed E-state index contributed by atoms with van der Waals surface area (Å²) < 4.78 is 20.9. The Labute approximate surface area is 97.4 Å². The van der Waals surface area contributed by atoms with Crippen molar-refractivity contribution in [1.82, 2.24) is 0 Å². The fraction of sp³-hybridized carbons (Fsp3) is 0.444. The monoisotopic (exact) mass is 293 g/mol. The highest BCUT2D eigenvalue weighted by Crippen LogP contribution is 2.20. The van der Waals surface area contributed by atoms with E-state index in [-0.39, 0.29) is 0 Å². The van der Waals surface area contributed by atoms with Crippen LogP contribution in [-0.4, -0.2) is 22.1 Å². The van der Waals surface area contributed by atoms with E-state index in [1.807, 2.05) is 0 Å². The lowest BCUT2D eigenvalue weighted by molar-refractivity contribution is 0.100. The van der Waals surface area contributed by atoms with E-state index in [2.05, 4.69) is 20.3 Å². The summed E-state index contributed by atoms with van der Waals surface area (Å²) in [7, 11) is -2.41. The van der Waals surface area contributed by atoms with E-state index in [9.17, 15) is 9.00 Å². The molecule has 0 aromatic carbocycles. The Bertz CT molecular complexity index is 497. The minimum absolute atomic E-state index is 0.352. The van der Waals surface area contributed by atoms with Crippen molar-refractivity contribution in [2.24, 2.45) is 4.36 Å². The van der Waals surface area contributed by atoms with Gasteiger partial charge in [-0.05, 0) is 22.9 Å². The average molecular weight is 294 g/mol. The molecule has 1 aromatic heterocycles. The Kier molecular flexibility index (Phi) is 3.72. The number of halogens is 1. The molecule has 84 valence electrons. The smallest absolute Gasteiger partial charge is 0.288 e. The van der Waals surface area contributed by atoms with Crippen LogP contribution < -0.4 is 0 Å². The number of rotatable bonds is 2. The van der Waals surface area contributed by atoms with Gasteiger partial charge < -0.3 is 4.42 Å². The second kappa shape index (κ2) is 4.49. The van der Waals surface area contributed by atoms with Gasteiger partial charge in [-0.15, -0.1) is 0 Å². The van der Waals surface area contributed by atoms with Crippen LogP contribution in [0.15, 0.2) is 19.5 Å². The van der Waals surface area contributed by atoms with Crippen molar-refractivity contribution >= 4 is 31.6 Å². The number of aryl methyl sites for hydroxylation is 1. The van der Waals surface area contributed by atoms with Crippen molar-refractivity contribution in [3.8, 4) is 0 Å². The molecule has 0 saturated carbocycles. The van der Waals surface area contributed by atoms with E-state index >= 15 is 0 Å². The maximum absolute atomic E-state index is 11.6. The van der Waals surface area contributed by atoms with E-state index in [0.29, 0.717) is 21.7 Å². The molecule has 0 aliphatic heterocycles. The Balaban J connectivity index is 3.12. The van der Waals surface area contributed by atoms with Gasteiger partial charge in [-0.25, -0.2) is 4.21 Å². The lowest BCUT2D eigenvalue weighted by Gasteiger charge is -1.97. The predicted molar refractivity (Wildman–Crippen MR) is 62.5 cm³/mol. The lowest BCUT2D eigenvalue weighted by Crippen LogP contribution is -2.05. The maximum Gasteiger partial charge on any atom is 0.288 e. The summed E-state index contributed by atoms with van der Waals surface area (Å²) in [5.41, 5.74) is 0.352.